The largest absolute Gasteiger partial charge is 0.452 e. The Hall–Kier alpha value is -2.82. The summed E-state index contributed by atoms with van der Waals surface area (Å²) < 4.78 is 5.22. The minimum absolute atomic E-state index is 0.266. The Kier molecular flexibility index (Phi) is 5.56. The van der Waals surface area contributed by atoms with Crippen molar-refractivity contribution in [3.05, 3.63) is 60.3 Å². The van der Waals surface area contributed by atoms with Crippen LogP contribution in [-0.4, -0.2) is 41.5 Å². The number of benzene rings is 1. The molecule has 1 aromatic heterocycles. The van der Waals surface area contributed by atoms with Crippen molar-refractivity contribution in [2.45, 2.75) is 25.7 Å². The van der Waals surface area contributed by atoms with Gasteiger partial charge in [0.25, 0.3) is 5.91 Å². The van der Waals surface area contributed by atoms with E-state index in [0.717, 1.165) is 23.7 Å². The van der Waals surface area contributed by atoms with Gasteiger partial charge in [-0.25, -0.2) is 4.79 Å². The highest BCUT2D eigenvalue weighted by atomic mass is 16.5. The SMILES string of the molecule is C=CCN(CC=C)C(=O)COC(=O)c1ccc2[nH]c3c(c2c1)CCCC3. The van der Waals surface area contributed by atoms with E-state index in [9.17, 15) is 9.59 Å². The van der Waals surface area contributed by atoms with Gasteiger partial charge in [-0.3, -0.25) is 4.79 Å². The van der Waals surface area contributed by atoms with Gasteiger partial charge in [-0.2, -0.15) is 0 Å². The fraction of sp³-hybridized carbons (Fsp3) is 0.333. The zero-order chi connectivity index (χ0) is 18.5. The standard InChI is InChI=1S/C21H24N2O3/c1-3-11-23(12-4-2)20(24)14-26-21(25)15-9-10-19-17(13-15)16-7-5-6-8-18(16)22-19/h3-4,9-10,13,22H,1-2,5-8,11-12,14H2. The summed E-state index contributed by atoms with van der Waals surface area (Å²) in [5, 5.41) is 1.08. The third kappa shape index (κ3) is 3.72. The Bertz CT molecular complexity index is 840. The molecule has 0 spiro atoms. The predicted octanol–water partition coefficient (Wildman–Crippen LogP) is 3.40. The first-order chi connectivity index (χ1) is 12.6. The number of amides is 1. The molecule has 136 valence electrons. The van der Waals surface area contributed by atoms with Gasteiger partial charge in [0, 0.05) is 29.7 Å². The number of ether oxygens (including phenoxy) is 1. The summed E-state index contributed by atoms with van der Waals surface area (Å²) >= 11 is 0. The van der Waals surface area contributed by atoms with Gasteiger partial charge in [0.1, 0.15) is 0 Å². The van der Waals surface area contributed by atoms with Crippen LogP contribution in [-0.2, 0) is 22.4 Å². The minimum Gasteiger partial charge on any atom is -0.452 e. The number of nitrogens with one attached hydrogen (secondary N) is 1. The molecule has 1 heterocycles. The van der Waals surface area contributed by atoms with Crippen molar-refractivity contribution in [1.82, 2.24) is 9.88 Å². The van der Waals surface area contributed by atoms with Gasteiger partial charge in [0.05, 0.1) is 5.56 Å². The molecule has 1 aliphatic rings. The first-order valence-electron chi connectivity index (χ1n) is 8.94. The van der Waals surface area contributed by atoms with Crippen LogP contribution < -0.4 is 0 Å². The number of hydrogen-bond acceptors (Lipinski definition) is 3. The molecule has 0 aliphatic heterocycles. The summed E-state index contributed by atoms with van der Waals surface area (Å²) in [5.41, 5.74) is 4.10. The van der Waals surface area contributed by atoms with E-state index in [4.69, 9.17) is 4.74 Å². The quantitative estimate of drug-likeness (QED) is 0.614. The molecule has 5 nitrogen and oxygen atoms in total. The predicted molar refractivity (Wildman–Crippen MR) is 102 cm³/mol. The van der Waals surface area contributed by atoms with Crippen LogP contribution >= 0.6 is 0 Å². The Morgan fingerprint density at radius 1 is 1.15 bits per heavy atom. The molecule has 0 saturated carbocycles. The fourth-order valence-corrected chi connectivity index (χ4v) is 3.42. The average molecular weight is 352 g/mol. The summed E-state index contributed by atoms with van der Waals surface area (Å²) in [5.74, 6) is -0.749. The zero-order valence-electron chi connectivity index (χ0n) is 14.9. The summed E-state index contributed by atoms with van der Waals surface area (Å²) in [6.07, 6.45) is 7.72. The van der Waals surface area contributed by atoms with Crippen molar-refractivity contribution >= 4 is 22.8 Å². The second-order valence-electron chi connectivity index (χ2n) is 6.50. The smallest absolute Gasteiger partial charge is 0.338 e. The molecule has 0 unspecified atom stereocenters. The van der Waals surface area contributed by atoms with Crippen molar-refractivity contribution in [2.24, 2.45) is 0 Å². The van der Waals surface area contributed by atoms with Gasteiger partial charge in [0.2, 0.25) is 0 Å². The molecule has 0 fully saturated rings. The molecule has 5 heteroatoms. The Morgan fingerprint density at radius 2 is 1.88 bits per heavy atom. The number of rotatable bonds is 7. The average Bonchev–Trinajstić information content (AvgIpc) is 3.03. The molecule has 1 aliphatic carbocycles. The van der Waals surface area contributed by atoms with Crippen molar-refractivity contribution in [3.8, 4) is 0 Å². The number of nitrogens with zero attached hydrogens (tertiary/aromatic N) is 1. The van der Waals surface area contributed by atoms with Gasteiger partial charge in [0.15, 0.2) is 6.61 Å². The molecule has 26 heavy (non-hydrogen) atoms. The molecule has 0 saturated heterocycles. The van der Waals surface area contributed by atoms with Gasteiger partial charge in [-0.15, -0.1) is 13.2 Å². The van der Waals surface area contributed by atoms with E-state index in [-0.39, 0.29) is 12.5 Å². The molecule has 1 aromatic carbocycles. The number of H-pyrrole nitrogens is 1. The number of carbonyl (C=O) groups is 2. The fourth-order valence-electron chi connectivity index (χ4n) is 3.42. The maximum Gasteiger partial charge on any atom is 0.338 e. The molecular weight excluding hydrogens is 328 g/mol. The topological polar surface area (TPSA) is 62.4 Å². The van der Waals surface area contributed by atoms with Crippen LogP contribution in [0, 0.1) is 0 Å². The number of hydrogen-bond donors (Lipinski definition) is 1. The van der Waals surface area contributed by atoms with Crippen molar-refractivity contribution in [2.75, 3.05) is 19.7 Å². The Morgan fingerprint density at radius 3 is 2.62 bits per heavy atom. The van der Waals surface area contributed by atoms with Crippen LogP contribution in [0.1, 0.15) is 34.5 Å². The first-order valence-corrected chi connectivity index (χ1v) is 8.94. The van der Waals surface area contributed by atoms with Crippen molar-refractivity contribution in [3.63, 3.8) is 0 Å². The Balaban J connectivity index is 1.70. The van der Waals surface area contributed by atoms with Crippen LogP contribution in [0.5, 0.6) is 0 Å². The van der Waals surface area contributed by atoms with Gasteiger partial charge < -0.3 is 14.6 Å². The molecule has 0 radical (unpaired) electrons. The van der Waals surface area contributed by atoms with Crippen LogP contribution in [0.2, 0.25) is 0 Å². The van der Waals surface area contributed by atoms with Gasteiger partial charge >= 0.3 is 5.97 Å². The van der Waals surface area contributed by atoms with E-state index >= 15 is 0 Å². The van der Waals surface area contributed by atoms with E-state index in [0.29, 0.717) is 18.7 Å². The van der Waals surface area contributed by atoms with Crippen molar-refractivity contribution in [1.29, 1.82) is 0 Å². The summed E-state index contributed by atoms with van der Waals surface area (Å²) in [4.78, 5) is 29.5. The van der Waals surface area contributed by atoms with E-state index in [1.54, 1.807) is 18.2 Å². The minimum atomic E-state index is -0.483. The van der Waals surface area contributed by atoms with E-state index < -0.39 is 5.97 Å². The maximum atomic E-state index is 12.4. The zero-order valence-corrected chi connectivity index (χ0v) is 14.9. The van der Waals surface area contributed by atoms with Crippen LogP contribution in [0.3, 0.4) is 0 Å². The molecule has 0 bridgehead atoms. The molecule has 1 N–H and O–H groups in total. The van der Waals surface area contributed by atoms with Crippen LogP contribution in [0.15, 0.2) is 43.5 Å². The number of aryl methyl sites for hydroxylation is 2. The normalized spacial score (nSPS) is 13.1. The summed E-state index contributed by atoms with van der Waals surface area (Å²) in [7, 11) is 0. The first kappa shape index (κ1) is 18.0. The lowest BCUT2D eigenvalue weighted by Crippen LogP contribution is -2.35. The monoisotopic (exact) mass is 352 g/mol. The molecule has 1 amide bonds. The van der Waals surface area contributed by atoms with E-state index in [1.165, 1.54) is 29.0 Å². The molecule has 2 aromatic rings. The highest BCUT2D eigenvalue weighted by molar-refractivity contribution is 5.97. The molecule has 0 atom stereocenters. The molecular formula is C21H24N2O3. The van der Waals surface area contributed by atoms with E-state index in [2.05, 4.69) is 18.1 Å². The highest BCUT2D eigenvalue weighted by Crippen LogP contribution is 2.29. The Labute approximate surface area is 153 Å². The van der Waals surface area contributed by atoms with Gasteiger partial charge in [-0.05, 0) is 49.4 Å². The highest BCUT2D eigenvalue weighted by Gasteiger charge is 2.18. The number of fused-ring (bicyclic) bond motifs is 3. The number of carbonyl (C=O) groups excluding carboxylic acids is 2. The third-order valence-electron chi connectivity index (χ3n) is 4.71. The maximum absolute atomic E-state index is 12.4. The van der Waals surface area contributed by atoms with E-state index in [1.807, 2.05) is 12.1 Å². The number of aromatic nitrogens is 1. The second-order valence-corrected chi connectivity index (χ2v) is 6.50. The van der Waals surface area contributed by atoms with Crippen molar-refractivity contribution < 1.29 is 14.3 Å². The summed E-state index contributed by atoms with van der Waals surface area (Å²) in [6, 6.07) is 5.52. The molecule has 3 rings (SSSR count). The lowest BCUT2D eigenvalue weighted by molar-refractivity contribution is -0.133. The van der Waals surface area contributed by atoms with Gasteiger partial charge in [-0.1, -0.05) is 12.2 Å². The summed E-state index contributed by atoms with van der Waals surface area (Å²) in [6.45, 7) is 7.75. The third-order valence-corrected chi connectivity index (χ3v) is 4.71. The lowest BCUT2D eigenvalue weighted by atomic mass is 9.95. The lowest BCUT2D eigenvalue weighted by Gasteiger charge is -2.18. The second kappa shape index (κ2) is 8.04. The number of aromatic amines is 1. The van der Waals surface area contributed by atoms with Crippen LogP contribution in [0.4, 0.5) is 0 Å². The number of esters is 1. The van der Waals surface area contributed by atoms with Crippen LogP contribution in [0.25, 0.3) is 10.9 Å².